The molecule has 2 aromatic heterocycles. The molecule has 0 atom stereocenters. The highest BCUT2D eigenvalue weighted by Gasteiger charge is 2.15. The molecule has 0 aliphatic carbocycles. The number of nitrogens with one attached hydrogen (secondary N) is 1. The van der Waals surface area contributed by atoms with E-state index >= 15 is 0 Å². The van der Waals surface area contributed by atoms with Crippen molar-refractivity contribution in [2.45, 2.75) is 0 Å². The van der Waals surface area contributed by atoms with E-state index in [0.717, 1.165) is 10.0 Å². The predicted octanol–water partition coefficient (Wildman–Crippen LogP) is 5.01. The van der Waals surface area contributed by atoms with Crippen molar-refractivity contribution < 1.29 is 14.7 Å². The lowest BCUT2D eigenvalue weighted by molar-refractivity contribution is 0.0696. The van der Waals surface area contributed by atoms with Gasteiger partial charge in [0.25, 0.3) is 5.91 Å². The number of hydrogen-bond donors (Lipinski definition) is 2. The molecule has 0 bridgehead atoms. The lowest BCUT2D eigenvalue weighted by Gasteiger charge is -2.11. The zero-order valence-corrected chi connectivity index (χ0v) is 16.6. The number of amides is 1. The van der Waals surface area contributed by atoms with Crippen LogP contribution in [0.4, 0.5) is 5.69 Å². The van der Waals surface area contributed by atoms with Crippen molar-refractivity contribution in [3.63, 3.8) is 0 Å². The number of carboxylic acids is 1. The summed E-state index contributed by atoms with van der Waals surface area (Å²) < 4.78 is 0.834. The topological polar surface area (TPSA) is 92.2 Å². The third-order valence-electron chi connectivity index (χ3n) is 4.36. The Morgan fingerprint density at radius 2 is 1.79 bits per heavy atom. The number of anilines is 1. The molecule has 4 rings (SSSR count). The molecule has 0 saturated carbocycles. The van der Waals surface area contributed by atoms with Gasteiger partial charge in [0.15, 0.2) is 0 Å². The lowest BCUT2D eigenvalue weighted by Crippen LogP contribution is -2.13. The number of benzene rings is 2. The minimum absolute atomic E-state index is 0.153. The van der Waals surface area contributed by atoms with Crippen LogP contribution in [-0.2, 0) is 0 Å². The summed E-state index contributed by atoms with van der Waals surface area (Å²) in [5, 5.41) is 12.5. The second-order valence-corrected chi connectivity index (χ2v) is 7.21. The fourth-order valence-corrected chi connectivity index (χ4v) is 3.30. The fraction of sp³-hybridized carbons (Fsp3) is 0. The molecule has 7 heteroatoms. The van der Waals surface area contributed by atoms with Crippen LogP contribution in [0.5, 0.6) is 0 Å². The molecule has 0 radical (unpaired) electrons. The number of carboxylic acid groups (broad SMARTS) is 1. The van der Waals surface area contributed by atoms with Gasteiger partial charge >= 0.3 is 5.97 Å². The van der Waals surface area contributed by atoms with Gasteiger partial charge in [0, 0.05) is 33.5 Å². The van der Waals surface area contributed by atoms with E-state index in [1.807, 2.05) is 30.3 Å². The molecule has 0 aliphatic heterocycles. The largest absolute Gasteiger partial charge is 0.478 e. The summed E-state index contributed by atoms with van der Waals surface area (Å²) in [4.78, 5) is 32.8. The van der Waals surface area contributed by atoms with E-state index in [1.54, 1.807) is 30.6 Å². The van der Waals surface area contributed by atoms with Crippen molar-refractivity contribution in [3.05, 3.63) is 88.7 Å². The van der Waals surface area contributed by atoms with Crippen LogP contribution in [0.1, 0.15) is 20.7 Å². The molecule has 2 heterocycles. The predicted molar refractivity (Wildman–Crippen MR) is 114 cm³/mol. The van der Waals surface area contributed by atoms with Gasteiger partial charge in [-0.25, -0.2) is 9.78 Å². The number of rotatable bonds is 4. The second kappa shape index (κ2) is 7.81. The van der Waals surface area contributed by atoms with Crippen molar-refractivity contribution >= 4 is 44.4 Å². The average Bonchev–Trinajstić information content (AvgIpc) is 2.74. The molecule has 2 N–H and O–H groups in total. The Balaban J connectivity index is 1.77. The number of carbonyl (C=O) groups excluding carboxylic acids is 1. The average molecular weight is 448 g/mol. The number of fused-ring (bicyclic) bond motifs is 1. The fourth-order valence-electron chi connectivity index (χ4n) is 2.94. The van der Waals surface area contributed by atoms with Crippen molar-refractivity contribution in [1.29, 1.82) is 0 Å². The van der Waals surface area contributed by atoms with Crippen LogP contribution in [0.3, 0.4) is 0 Å². The van der Waals surface area contributed by atoms with Crippen molar-refractivity contribution in [2.24, 2.45) is 0 Å². The van der Waals surface area contributed by atoms with Crippen molar-refractivity contribution in [3.8, 4) is 11.3 Å². The molecule has 1 amide bonds. The lowest BCUT2D eigenvalue weighted by atomic mass is 10.0. The van der Waals surface area contributed by atoms with E-state index in [-0.39, 0.29) is 11.5 Å². The van der Waals surface area contributed by atoms with Crippen molar-refractivity contribution in [1.82, 2.24) is 9.97 Å². The molecule has 0 unspecified atom stereocenters. The third-order valence-corrected chi connectivity index (χ3v) is 4.86. The highest BCUT2D eigenvalue weighted by Crippen LogP contribution is 2.27. The van der Waals surface area contributed by atoms with Gasteiger partial charge in [0.2, 0.25) is 0 Å². The molecule has 142 valence electrons. The Bertz CT molecular complexity index is 1230. The van der Waals surface area contributed by atoms with E-state index in [2.05, 4.69) is 31.2 Å². The molecule has 2 aromatic carbocycles. The first-order chi connectivity index (χ1) is 14.0. The van der Waals surface area contributed by atoms with Gasteiger partial charge in [0.05, 0.1) is 22.3 Å². The van der Waals surface area contributed by atoms with Crippen molar-refractivity contribution in [2.75, 3.05) is 5.32 Å². The monoisotopic (exact) mass is 447 g/mol. The first kappa shape index (κ1) is 18.8. The number of nitrogens with zero attached hydrogens (tertiary/aromatic N) is 2. The van der Waals surface area contributed by atoms with Crippen LogP contribution >= 0.6 is 15.9 Å². The Hall–Kier alpha value is -3.58. The Labute approximate surface area is 174 Å². The number of hydrogen-bond acceptors (Lipinski definition) is 4. The Kier molecular flexibility index (Phi) is 5.05. The standard InChI is InChI=1S/C22H14BrN3O3/c23-15-5-8-19-17(10-15)18(11-20(26-19)14-2-1-9-24-12-14)21(27)25-16-6-3-13(4-7-16)22(28)29/h1-12H,(H,25,27)(H,28,29). The SMILES string of the molecule is O=C(O)c1ccc(NC(=O)c2cc(-c3cccnc3)nc3ccc(Br)cc23)cc1. The van der Waals surface area contributed by atoms with Gasteiger partial charge in [0.1, 0.15) is 0 Å². The maximum absolute atomic E-state index is 13.1. The zero-order valence-electron chi connectivity index (χ0n) is 15.0. The van der Waals surface area contributed by atoms with Crippen LogP contribution in [0.2, 0.25) is 0 Å². The number of carbonyl (C=O) groups is 2. The summed E-state index contributed by atoms with van der Waals surface area (Å²) in [5.41, 5.74) is 3.23. The molecule has 6 nitrogen and oxygen atoms in total. The highest BCUT2D eigenvalue weighted by molar-refractivity contribution is 9.10. The van der Waals surface area contributed by atoms with Gasteiger partial charge in [-0.2, -0.15) is 0 Å². The Morgan fingerprint density at radius 3 is 2.48 bits per heavy atom. The molecular formula is C22H14BrN3O3. The van der Waals surface area contributed by atoms with E-state index in [0.29, 0.717) is 27.8 Å². The van der Waals surface area contributed by atoms with Gasteiger partial charge in [-0.05, 0) is 60.7 Å². The number of pyridine rings is 2. The summed E-state index contributed by atoms with van der Waals surface area (Å²) in [6, 6.07) is 17.0. The van der Waals surface area contributed by atoms with Crippen LogP contribution in [0.15, 0.2) is 77.5 Å². The summed E-state index contributed by atoms with van der Waals surface area (Å²) in [5.74, 6) is -1.34. The van der Waals surface area contributed by atoms with Gasteiger partial charge in [-0.3, -0.25) is 9.78 Å². The van der Waals surface area contributed by atoms with Crippen LogP contribution in [0.25, 0.3) is 22.2 Å². The normalized spacial score (nSPS) is 10.7. The molecule has 29 heavy (non-hydrogen) atoms. The number of aromatic carboxylic acids is 1. The minimum atomic E-state index is -1.02. The van der Waals surface area contributed by atoms with E-state index in [4.69, 9.17) is 5.11 Å². The third kappa shape index (κ3) is 4.00. The van der Waals surface area contributed by atoms with E-state index in [1.165, 1.54) is 12.1 Å². The van der Waals surface area contributed by atoms with E-state index in [9.17, 15) is 9.59 Å². The first-order valence-electron chi connectivity index (χ1n) is 8.67. The molecule has 0 saturated heterocycles. The highest BCUT2D eigenvalue weighted by atomic mass is 79.9. The maximum Gasteiger partial charge on any atom is 0.335 e. The smallest absolute Gasteiger partial charge is 0.335 e. The van der Waals surface area contributed by atoms with Gasteiger partial charge in [-0.15, -0.1) is 0 Å². The minimum Gasteiger partial charge on any atom is -0.478 e. The van der Waals surface area contributed by atoms with Crippen LogP contribution < -0.4 is 5.32 Å². The molecule has 0 fully saturated rings. The van der Waals surface area contributed by atoms with E-state index < -0.39 is 5.97 Å². The summed E-state index contributed by atoms with van der Waals surface area (Å²) in [6.45, 7) is 0. The van der Waals surface area contributed by atoms with Gasteiger partial charge in [-0.1, -0.05) is 15.9 Å². The zero-order chi connectivity index (χ0) is 20.4. The molecule has 0 spiro atoms. The Morgan fingerprint density at radius 1 is 1.00 bits per heavy atom. The maximum atomic E-state index is 13.1. The quantitative estimate of drug-likeness (QED) is 0.458. The van der Waals surface area contributed by atoms with Crippen LogP contribution in [0, 0.1) is 0 Å². The number of aromatic nitrogens is 2. The van der Waals surface area contributed by atoms with Crippen LogP contribution in [-0.4, -0.2) is 27.0 Å². The first-order valence-corrected chi connectivity index (χ1v) is 9.46. The summed E-state index contributed by atoms with van der Waals surface area (Å²) in [7, 11) is 0. The molecule has 0 aliphatic rings. The number of halogens is 1. The molecule has 4 aromatic rings. The second-order valence-electron chi connectivity index (χ2n) is 6.29. The molecular weight excluding hydrogens is 434 g/mol. The van der Waals surface area contributed by atoms with Gasteiger partial charge < -0.3 is 10.4 Å². The summed E-state index contributed by atoms with van der Waals surface area (Å²) in [6.07, 6.45) is 3.37. The summed E-state index contributed by atoms with van der Waals surface area (Å²) >= 11 is 3.44.